The van der Waals surface area contributed by atoms with Gasteiger partial charge in [-0.3, -0.25) is 14.2 Å². The van der Waals surface area contributed by atoms with Crippen LogP contribution in [0.3, 0.4) is 0 Å². The maximum atomic E-state index is 12.9. The molecule has 0 spiro atoms. The number of ether oxygens (including phenoxy) is 1. The first kappa shape index (κ1) is 19.1. The first-order valence-electron chi connectivity index (χ1n) is 8.55. The van der Waals surface area contributed by atoms with Crippen molar-refractivity contribution in [2.45, 2.75) is 6.92 Å². The zero-order valence-corrected chi connectivity index (χ0v) is 15.9. The standard InChI is InChI=1S/C21H17N3O3S/c1-2-27-14-18-20(26)24(16-11-7-4-8-12-16)21(28-18)17(13-22)19(25)23-15-9-5-3-6-10-15/h3-12,14H,2H2,1H3,(H,23,25)/b18-14-,21-17-. The number of nitrogens with zero attached hydrogens (tertiary/aromatic N) is 2. The quantitative estimate of drug-likeness (QED) is 0.721. The fourth-order valence-corrected chi connectivity index (χ4v) is 3.54. The van der Waals surface area contributed by atoms with Gasteiger partial charge in [0.15, 0.2) is 5.57 Å². The van der Waals surface area contributed by atoms with Crippen LogP contribution in [-0.2, 0) is 9.53 Å². The van der Waals surface area contributed by atoms with Crippen LogP contribution in [0.2, 0.25) is 0 Å². The molecule has 7 heteroatoms. The SMILES string of the molecule is CCO/C=c1\s/c(=C(/C#N)C(=O)Nc2ccccc2)n(-c2ccccc2)c1=O. The molecule has 0 atom stereocenters. The van der Waals surface area contributed by atoms with Crippen molar-refractivity contribution in [2.75, 3.05) is 11.9 Å². The van der Waals surface area contributed by atoms with E-state index in [1.165, 1.54) is 10.8 Å². The molecule has 0 radical (unpaired) electrons. The third kappa shape index (κ3) is 4.03. The Hall–Kier alpha value is -3.63. The summed E-state index contributed by atoms with van der Waals surface area (Å²) in [6.07, 6.45) is 1.36. The number of carbonyl (C=O) groups excluding carboxylic acids is 1. The Morgan fingerprint density at radius 2 is 1.82 bits per heavy atom. The molecule has 28 heavy (non-hydrogen) atoms. The van der Waals surface area contributed by atoms with E-state index in [1.54, 1.807) is 55.5 Å². The number of carbonyl (C=O) groups is 1. The normalized spacial score (nSPS) is 12.2. The molecule has 6 nitrogen and oxygen atoms in total. The molecule has 140 valence electrons. The highest BCUT2D eigenvalue weighted by atomic mass is 32.1. The average Bonchev–Trinajstić information content (AvgIpc) is 3.04. The van der Waals surface area contributed by atoms with Crippen LogP contribution in [0.1, 0.15) is 6.92 Å². The van der Waals surface area contributed by atoms with Gasteiger partial charge in [-0.05, 0) is 31.2 Å². The fraction of sp³-hybridized carbons (Fsp3) is 0.0952. The molecule has 0 aliphatic rings. The van der Waals surface area contributed by atoms with E-state index in [1.807, 2.05) is 18.2 Å². The Bertz CT molecular complexity index is 1190. The topological polar surface area (TPSA) is 84.1 Å². The highest BCUT2D eigenvalue weighted by Crippen LogP contribution is 2.08. The van der Waals surface area contributed by atoms with Crippen molar-refractivity contribution in [2.24, 2.45) is 0 Å². The Labute approximate surface area is 165 Å². The second-order valence-electron chi connectivity index (χ2n) is 5.63. The number of para-hydroxylation sites is 2. The lowest BCUT2D eigenvalue weighted by Gasteiger charge is -2.05. The van der Waals surface area contributed by atoms with Gasteiger partial charge in [0.05, 0.1) is 12.3 Å². The molecular formula is C21H17N3O3S. The van der Waals surface area contributed by atoms with Crippen LogP contribution in [0.4, 0.5) is 5.69 Å². The summed E-state index contributed by atoms with van der Waals surface area (Å²) in [7, 11) is 0. The number of rotatable bonds is 5. The van der Waals surface area contributed by atoms with Gasteiger partial charge in [-0.2, -0.15) is 5.26 Å². The summed E-state index contributed by atoms with van der Waals surface area (Å²) in [4.78, 5) is 25.6. The third-order valence-electron chi connectivity index (χ3n) is 3.78. The van der Waals surface area contributed by atoms with Crippen LogP contribution in [0.25, 0.3) is 17.5 Å². The minimum absolute atomic E-state index is 0.147. The largest absolute Gasteiger partial charge is 0.500 e. The number of amides is 1. The molecule has 0 fully saturated rings. The van der Waals surface area contributed by atoms with Gasteiger partial charge in [-0.1, -0.05) is 36.4 Å². The first-order chi connectivity index (χ1) is 13.7. The Kier molecular flexibility index (Phi) is 6.04. The fourth-order valence-electron chi connectivity index (χ4n) is 2.51. The van der Waals surface area contributed by atoms with E-state index < -0.39 is 5.91 Å². The predicted octanol–water partition coefficient (Wildman–Crippen LogP) is 1.99. The van der Waals surface area contributed by atoms with Gasteiger partial charge >= 0.3 is 0 Å². The first-order valence-corrected chi connectivity index (χ1v) is 9.37. The minimum Gasteiger partial charge on any atom is -0.500 e. The lowest BCUT2D eigenvalue weighted by molar-refractivity contribution is -0.111. The van der Waals surface area contributed by atoms with E-state index >= 15 is 0 Å². The van der Waals surface area contributed by atoms with Crippen molar-refractivity contribution in [3.05, 3.63) is 80.2 Å². The van der Waals surface area contributed by atoms with Gasteiger partial charge in [0.2, 0.25) is 0 Å². The van der Waals surface area contributed by atoms with Crippen molar-refractivity contribution >= 4 is 34.8 Å². The van der Waals surface area contributed by atoms with Gasteiger partial charge in [-0.15, -0.1) is 11.3 Å². The number of hydrogen-bond donors (Lipinski definition) is 1. The smallest absolute Gasteiger partial charge is 0.276 e. The molecule has 2 aromatic carbocycles. The van der Waals surface area contributed by atoms with Crippen LogP contribution >= 0.6 is 11.3 Å². The van der Waals surface area contributed by atoms with Crippen LogP contribution in [0, 0.1) is 11.3 Å². The summed E-state index contributed by atoms with van der Waals surface area (Å²) < 4.78 is 7.17. The molecule has 0 unspecified atom stereocenters. The van der Waals surface area contributed by atoms with E-state index in [0.29, 0.717) is 22.5 Å². The zero-order valence-electron chi connectivity index (χ0n) is 15.1. The maximum absolute atomic E-state index is 12.9. The van der Waals surface area contributed by atoms with E-state index in [2.05, 4.69) is 5.32 Å². The molecule has 0 bridgehead atoms. The van der Waals surface area contributed by atoms with Gasteiger partial charge in [-0.25, -0.2) is 0 Å². The molecule has 1 N–H and O–H groups in total. The van der Waals surface area contributed by atoms with Gasteiger partial charge in [0.25, 0.3) is 11.5 Å². The number of hydrogen-bond acceptors (Lipinski definition) is 5. The second kappa shape index (κ2) is 8.84. The average molecular weight is 391 g/mol. The Morgan fingerprint density at radius 1 is 1.18 bits per heavy atom. The number of nitrogens with one attached hydrogen (secondary N) is 1. The second-order valence-corrected chi connectivity index (χ2v) is 6.66. The lowest BCUT2D eigenvalue weighted by atomic mass is 10.2. The van der Waals surface area contributed by atoms with Crippen molar-refractivity contribution in [3.8, 4) is 11.8 Å². The molecule has 0 saturated carbocycles. The summed E-state index contributed by atoms with van der Waals surface area (Å²) in [5, 5.41) is 12.4. The molecule has 3 rings (SSSR count). The molecule has 3 aromatic rings. The lowest BCUT2D eigenvalue weighted by Crippen LogP contribution is -2.32. The van der Waals surface area contributed by atoms with E-state index in [9.17, 15) is 14.9 Å². The maximum Gasteiger partial charge on any atom is 0.276 e. The van der Waals surface area contributed by atoms with Crippen molar-refractivity contribution in [3.63, 3.8) is 0 Å². The summed E-state index contributed by atoms with van der Waals surface area (Å²) in [5.41, 5.74) is 0.632. The number of nitriles is 1. The van der Waals surface area contributed by atoms with Crippen molar-refractivity contribution in [1.82, 2.24) is 4.57 Å². The number of aromatic nitrogens is 1. The molecule has 0 aliphatic heterocycles. The van der Waals surface area contributed by atoms with E-state index in [-0.39, 0.29) is 15.8 Å². The summed E-state index contributed by atoms with van der Waals surface area (Å²) >= 11 is 1.04. The molecule has 0 saturated heterocycles. The Morgan fingerprint density at radius 3 is 2.43 bits per heavy atom. The van der Waals surface area contributed by atoms with Gasteiger partial charge in [0, 0.05) is 5.69 Å². The van der Waals surface area contributed by atoms with Crippen LogP contribution in [0.5, 0.6) is 0 Å². The van der Waals surface area contributed by atoms with E-state index in [4.69, 9.17) is 4.74 Å². The van der Waals surface area contributed by atoms with Crippen LogP contribution in [0.15, 0.2) is 65.5 Å². The minimum atomic E-state index is -0.581. The molecule has 1 heterocycles. The summed E-state index contributed by atoms with van der Waals surface area (Å²) in [5.74, 6) is -0.581. The molecule has 1 aromatic heterocycles. The highest BCUT2D eigenvalue weighted by Gasteiger charge is 2.17. The van der Waals surface area contributed by atoms with E-state index in [0.717, 1.165) is 11.3 Å². The van der Waals surface area contributed by atoms with Crippen molar-refractivity contribution < 1.29 is 9.53 Å². The highest BCUT2D eigenvalue weighted by molar-refractivity contribution is 7.07. The molecule has 1 amide bonds. The third-order valence-corrected chi connectivity index (χ3v) is 4.85. The van der Waals surface area contributed by atoms with Crippen LogP contribution < -0.4 is 20.1 Å². The zero-order chi connectivity index (χ0) is 19.9. The molecule has 0 aliphatic carbocycles. The van der Waals surface area contributed by atoms with Crippen molar-refractivity contribution in [1.29, 1.82) is 5.26 Å². The van der Waals surface area contributed by atoms with Gasteiger partial charge < -0.3 is 10.1 Å². The summed E-state index contributed by atoms with van der Waals surface area (Å²) in [6, 6.07) is 19.7. The number of benzene rings is 2. The summed E-state index contributed by atoms with van der Waals surface area (Å²) in [6.45, 7) is 2.21. The monoisotopic (exact) mass is 391 g/mol. The predicted molar refractivity (Wildman–Crippen MR) is 109 cm³/mol. The van der Waals surface area contributed by atoms with Crippen LogP contribution in [-0.4, -0.2) is 17.1 Å². The Balaban J connectivity index is 2.24. The number of anilines is 1. The number of thiazole rings is 1. The van der Waals surface area contributed by atoms with Gasteiger partial charge in [0.1, 0.15) is 21.5 Å². The molecular weight excluding hydrogens is 374 g/mol.